The molecule has 208 valence electrons. The van der Waals surface area contributed by atoms with Crippen molar-refractivity contribution in [3.63, 3.8) is 0 Å². The molecule has 2 heterocycles. The van der Waals surface area contributed by atoms with Gasteiger partial charge in [-0.1, -0.05) is 0 Å². The zero-order valence-electron chi connectivity index (χ0n) is 19.5. The van der Waals surface area contributed by atoms with Crippen LogP contribution in [0.15, 0.2) is 21.0 Å². The smallest absolute Gasteiger partial charge is 0.422 e. The average molecular weight is 592 g/mol. The van der Waals surface area contributed by atoms with Crippen molar-refractivity contribution in [2.45, 2.75) is 12.4 Å². The van der Waals surface area contributed by atoms with Crippen LogP contribution in [0.4, 0.5) is 43.9 Å². The molecule has 0 spiro atoms. The van der Waals surface area contributed by atoms with Gasteiger partial charge in [0, 0.05) is 21.5 Å². The number of hydrogen-bond donors (Lipinski definition) is 0. The van der Waals surface area contributed by atoms with E-state index in [0.29, 0.717) is 0 Å². The molecule has 0 aliphatic rings. The second-order valence-electron chi connectivity index (χ2n) is 8.40. The quantitative estimate of drug-likeness (QED) is 0.190. The van der Waals surface area contributed by atoms with Crippen molar-refractivity contribution in [2.75, 3.05) is 0 Å². The van der Waals surface area contributed by atoms with E-state index in [-0.39, 0.29) is 12.1 Å². The zero-order valence-corrected chi connectivity index (χ0v) is 19.5. The Balaban J connectivity index is 2.30. The minimum Gasteiger partial charge on any atom is -0.452 e. The molecule has 0 radical (unpaired) electrons. The third-order valence-corrected chi connectivity index (χ3v) is 6.22. The number of fused-ring (bicyclic) bond motifs is 6. The minimum atomic E-state index is -5.60. The summed E-state index contributed by atoms with van der Waals surface area (Å²) in [5.41, 5.74) is -11.5. The van der Waals surface area contributed by atoms with Crippen molar-refractivity contribution < 1.29 is 52.7 Å². The Labute approximate surface area is 223 Å². The number of rotatable bonds is 0. The minimum absolute atomic E-state index is 0.0988. The molecular formula is C26H2F10N4O2. The Hall–Kier alpha value is -5.74. The maximum absolute atomic E-state index is 15.1. The van der Waals surface area contributed by atoms with Gasteiger partial charge in [-0.2, -0.15) is 47.4 Å². The van der Waals surface area contributed by atoms with Crippen LogP contribution in [0.25, 0.3) is 55.0 Å². The Bertz CT molecular complexity index is 2170. The van der Waals surface area contributed by atoms with Gasteiger partial charge in [0.05, 0.1) is 10.4 Å². The lowest BCUT2D eigenvalue weighted by atomic mass is 9.97. The molecule has 5 rings (SSSR count). The summed E-state index contributed by atoms with van der Waals surface area (Å²) in [5.74, 6) is -9.03. The first-order chi connectivity index (χ1) is 19.6. The SMILES string of the molecule is N#CC(C#N)=c1c2oc3c(F)c(C(F)(F)F)c(F)cc3c2c(=C(C#N)C#N)c2oc3c(F)c(C(F)(F)F)c(F)cc3c12. The number of halogens is 10. The molecule has 0 saturated heterocycles. The molecule has 0 aliphatic heterocycles. The lowest BCUT2D eigenvalue weighted by Crippen LogP contribution is -2.16. The topological polar surface area (TPSA) is 121 Å². The second kappa shape index (κ2) is 8.88. The molecule has 0 amide bonds. The number of alkyl halides is 6. The Morgan fingerprint density at radius 2 is 0.857 bits per heavy atom. The van der Waals surface area contributed by atoms with E-state index < -0.39 is 112 Å². The molecule has 3 aromatic carbocycles. The van der Waals surface area contributed by atoms with Gasteiger partial charge in [0.1, 0.15) is 69.4 Å². The van der Waals surface area contributed by atoms with Crippen LogP contribution in [-0.4, -0.2) is 0 Å². The highest BCUT2D eigenvalue weighted by Crippen LogP contribution is 2.42. The lowest BCUT2D eigenvalue weighted by molar-refractivity contribution is -0.143. The number of hydrogen-bond acceptors (Lipinski definition) is 6. The highest BCUT2D eigenvalue weighted by Gasteiger charge is 2.42. The van der Waals surface area contributed by atoms with E-state index in [4.69, 9.17) is 8.83 Å². The molecule has 16 heteroatoms. The maximum Gasteiger partial charge on any atom is 0.422 e. The summed E-state index contributed by atoms with van der Waals surface area (Å²) in [7, 11) is 0. The van der Waals surface area contributed by atoms with Gasteiger partial charge >= 0.3 is 12.4 Å². The molecule has 6 nitrogen and oxygen atoms in total. The van der Waals surface area contributed by atoms with Crippen LogP contribution in [0.3, 0.4) is 0 Å². The van der Waals surface area contributed by atoms with Gasteiger partial charge in [-0.3, -0.25) is 0 Å². The zero-order chi connectivity index (χ0) is 31.0. The van der Waals surface area contributed by atoms with Gasteiger partial charge in [-0.05, 0) is 12.1 Å². The van der Waals surface area contributed by atoms with Crippen LogP contribution in [0, 0.1) is 68.6 Å². The molecular weight excluding hydrogens is 590 g/mol. The van der Waals surface area contributed by atoms with Crippen molar-refractivity contribution in [3.8, 4) is 24.3 Å². The highest BCUT2D eigenvalue weighted by molar-refractivity contribution is 6.18. The number of nitrogens with zero attached hydrogens (tertiary/aromatic N) is 4. The van der Waals surface area contributed by atoms with Gasteiger partial charge in [-0.25, -0.2) is 17.6 Å². The fourth-order valence-corrected chi connectivity index (χ4v) is 4.67. The molecule has 5 aromatic rings. The van der Waals surface area contributed by atoms with E-state index in [9.17, 15) is 56.2 Å². The van der Waals surface area contributed by atoms with Crippen molar-refractivity contribution in [3.05, 3.63) is 57.0 Å². The molecule has 0 bridgehead atoms. The summed E-state index contributed by atoms with van der Waals surface area (Å²) in [6, 6.07) is 5.62. The molecule has 0 aliphatic carbocycles. The predicted molar refractivity (Wildman–Crippen MR) is 119 cm³/mol. The van der Waals surface area contributed by atoms with Crippen molar-refractivity contribution >= 4 is 55.0 Å². The first-order valence-corrected chi connectivity index (χ1v) is 10.8. The summed E-state index contributed by atoms with van der Waals surface area (Å²) >= 11 is 0. The number of furan rings is 2. The van der Waals surface area contributed by atoms with Crippen molar-refractivity contribution in [2.24, 2.45) is 0 Å². The lowest BCUT2D eigenvalue weighted by Gasteiger charge is -2.09. The standard InChI is InChI=1S/C26H2F10N4O2/c27-11-1-9-15-13(7(3-37)4-38)24-16(10-2-12(28)18(26(34,35)36)20(30)22(10)42-24)14(8(5-39)6-40)23(15)41-21(9)19(29)17(11)25(31,32)33/h1-2H. The van der Waals surface area contributed by atoms with Crippen LogP contribution in [0.1, 0.15) is 11.1 Å². The first-order valence-electron chi connectivity index (χ1n) is 10.8. The van der Waals surface area contributed by atoms with Gasteiger partial charge in [-0.15, -0.1) is 0 Å². The highest BCUT2D eigenvalue weighted by atomic mass is 19.4. The summed E-state index contributed by atoms with van der Waals surface area (Å²) in [6.07, 6.45) is -11.2. The Morgan fingerprint density at radius 3 is 1.12 bits per heavy atom. The normalized spacial score (nSPS) is 12.0. The molecule has 2 aromatic heterocycles. The number of benzene rings is 3. The molecule has 0 atom stereocenters. The van der Waals surface area contributed by atoms with Crippen LogP contribution in [0.2, 0.25) is 0 Å². The molecule has 0 saturated carbocycles. The average Bonchev–Trinajstić information content (AvgIpc) is 3.44. The van der Waals surface area contributed by atoms with E-state index in [2.05, 4.69) is 0 Å². The monoisotopic (exact) mass is 592 g/mol. The maximum atomic E-state index is 15.1. The largest absolute Gasteiger partial charge is 0.452 e. The van der Waals surface area contributed by atoms with Crippen LogP contribution in [0.5, 0.6) is 0 Å². The summed E-state index contributed by atoms with van der Waals surface area (Å²) in [5, 5.41) is 33.2. The Morgan fingerprint density at radius 1 is 0.548 bits per heavy atom. The number of nitriles is 4. The summed E-state index contributed by atoms with van der Waals surface area (Å²) in [6.45, 7) is 0. The van der Waals surface area contributed by atoms with Crippen LogP contribution >= 0.6 is 0 Å². The van der Waals surface area contributed by atoms with E-state index in [1.165, 1.54) is 24.3 Å². The van der Waals surface area contributed by atoms with Gasteiger partial charge in [0.15, 0.2) is 22.8 Å². The van der Waals surface area contributed by atoms with E-state index in [0.717, 1.165) is 0 Å². The first kappa shape index (κ1) is 27.8. The van der Waals surface area contributed by atoms with Gasteiger partial charge < -0.3 is 8.83 Å². The van der Waals surface area contributed by atoms with Gasteiger partial charge in [0.25, 0.3) is 0 Å². The summed E-state index contributed by atoms with van der Waals surface area (Å²) in [4.78, 5) is 0. The van der Waals surface area contributed by atoms with Crippen molar-refractivity contribution in [1.29, 1.82) is 21.0 Å². The van der Waals surface area contributed by atoms with Crippen LogP contribution in [-0.2, 0) is 12.4 Å². The third kappa shape index (κ3) is 3.62. The van der Waals surface area contributed by atoms with Gasteiger partial charge in [0.2, 0.25) is 0 Å². The fraction of sp³-hybridized carbons (Fsp3) is 0.0769. The Kier molecular flexibility index (Phi) is 5.88. The molecule has 0 unspecified atom stereocenters. The van der Waals surface area contributed by atoms with E-state index in [1.807, 2.05) is 0 Å². The third-order valence-electron chi connectivity index (χ3n) is 6.22. The van der Waals surface area contributed by atoms with Crippen molar-refractivity contribution in [1.82, 2.24) is 0 Å². The molecule has 42 heavy (non-hydrogen) atoms. The van der Waals surface area contributed by atoms with Crippen LogP contribution < -0.4 is 10.4 Å². The molecule has 0 N–H and O–H groups in total. The second-order valence-corrected chi connectivity index (χ2v) is 8.40. The van der Waals surface area contributed by atoms with E-state index in [1.54, 1.807) is 0 Å². The molecule has 0 fully saturated rings. The summed E-state index contributed by atoms with van der Waals surface area (Å²) < 4.78 is 150. The predicted octanol–water partition coefficient (Wildman–Crippen LogP) is 6.48. The fourth-order valence-electron chi connectivity index (χ4n) is 4.67. The van der Waals surface area contributed by atoms with E-state index >= 15 is 8.78 Å².